The van der Waals surface area contributed by atoms with Crippen molar-refractivity contribution in [3.8, 4) is 0 Å². The molecule has 0 N–H and O–H groups in total. The zero-order valence-electron chi connectivity index (χ0n) is 12.8. The maximum atomic E-state index is 14.2. The molecule has 0 amide bonds. The predicted molar refractivity (Wildman–Crippen MR) is 86.4 cm³/mol. The number of rotatable bonds is 5. The predicted octanol–water partition coefficient (Wildman–Crippen LogP) is 2.62. The zero-order chi connectivity index (χ0) is 17.2. The number of imidazole rings is 1. The zero-order valence-corrected chi connectivity index (χ0v) is 13.6. The highest BCUT2D eigenvalue weighted by Gasteiger charge is 2.43. The van der Waals surface area contributed by atoms with Crippen LogP contribution in [-0.4, -0.2) is 39.6 Å². The summed E-state index contributed by atoms with van der Waals surface area (Å²) >= 11 is 4.56. The molecule has 24 heavy (non-hydrogen) atoms. The van der Waals surface area contributed by atoms with E-state index >= 15 is 0 Å². The van der Waals surface area contributed by atoms with E-state index in [2.05, 4.69) is 27.4 Å². The van der Waals surface area contributed by atoms with Gasteiger partial charge in [0.15, 0.2) is 0 Å². The molecule has 0 bridgehead atoms. The first-order chi connectivity index (χ1) is 11.6. The minimum Gasteiger partial charge on any atom is -0.427 e. The molecule has 124 valence electrons. The van der Waals surface area contributed by atoms with Gasteiger partial charge in [0.2, 0.25) is 0 Å². The van der Waals surface area contributed by atoms with Crippen LogP contribution < -0.4 is 0 Å². The average Bonchev–Trinajstić information content (AvgIpc) is 2.94. The Hall–Kier alpha value is -2.41. The van der Waals surface area contributed by atoms with Crippen LogP contribution in [0.3, 0.4) is 0 Å². The average molecular weight is 347 g/mol. The van der Waals surface area contributed by atoms with Crippen LogP contribution in [0.2, 0.25) is 0 Å². The Kier molecular flexibility index (Phi) is 4.53. The van der Waals surface area contributed by atoms with Gasteiger partial charge >= 0.3 is 5.97 Å². The fourth-order valence-corrected chi connectivity index (χ4v) is 2.64. The number of isothiocyanates is 1. The number of carbonyl (C=O) groups is 1. The van der Waals surface area contributed by atoms with Crippen molar-refractivity contribution >= 4 is 23.3 Å². The largest absolute Gasteiger partial charge is 0.427 e. The van der Waals surface area contributed by atoms with Gasteiger partial charge in [0.05, 0.1) is 17.4 Å². The van der Waals surface area contributed by atoms with Crippen molar-refractivity contribution in [3.63, 3.8) is 0 Å². The lowest BCUT2D eigenvalue weighted by Gasteiger charge is -2.35. The first kappa shape index (κ1) is 16.4. The molecule has 0 unspecified atom stereocenters. The molecule has 0 aliphatic carbocycles. The summed E-state index contributed by atoms with van der Waals surface area (Å²) in [4.78, 5) is 19.9. The van der Waals surface area contributed by atoms with Crippen molar-refractivity contribution in [2.75, 3.05) is 13.2 Å². The van der Waals surface area contributed by atoms with Gasteiger partial charge in [0.25, 0.3) is 11.8 Å². The SMILES string of the molecule is C[C@H](c1ccccc1)n1c(C(=O)OC2(N=C=S)COC2)cnc1F. The second kappa shape index (κ2) is 6.60. The van der Waals surface area contributed by atoms with E-state index in [0.29, 0.717) is 0 Å². The van der Waals surface area contributed by atoms with E-state index in [-0.39, 0.29) is 18.9 Å². The first-order valence-electron chi connectivity index (χ1n) is 7.24. The van der Waals surface area contributed by atoms with Crippen LogP contribution in [0.5, 0.6) is 0 Å². The minimum atomic E-state index is -1.18. The molecule has 2 heterocycles. The molecule has 8 heteroatoms. The lowest BCUT2D eigenvalue weighted by molar-refractivity contribution is -0.174. The van der Waals surface area contributed by atoms with Gasteiger partial charge in [-0.1, -0.05) is 30.3 Å². The second-order valence-corrected chi connectivity index (χ2v) is 5.58. The highest BCUT2D eigenvalue weighted by Crippen LogP contribution is 2.27. The molecule has 0 saturated carbocycles. The quantitative estimate of drug-likeness (QED) is 0.473. The molecular weight excluding hydrogens is 333 g/mol. The molecule has 1 saturated heterocycles. The van der Waals surface area contributed by atoms with Gasteiger partial charge < -0.3 is 9.47 Å². The highest BCUT2D eigenvalue weighted by molar-refractivity contribution is 7.78. The van der Waals surface area contributed by atoms with Crippen LogP contribution in [0.25, 0.3) is 0 Å². The van der Waals surface area contributed by atoms with Crippen molar-refractivity contribution < 1.29 is 18.7 Å². The van der Waals surface area contributed by atoms with Crippen molar-refractivity contribution in [2.24, 2.45) is 4.99 Å². The maximum absolute atomic E-state index is 14.2. The van der Waals surface area contributed by atoms with Gasteiger partial charge in [-0.3, -0.25) is 4.57 Å². The Bertz CT molecular complexity index is 798. The third-order valence-electron chi connectivity index (χ3n) is 3.82. The van der Waals surface area contributed by atoms with E-state index in [9.17, 15) is 9.18 Å². The smallest absolute Gasteiger partial charge is 0.359 e. The molecular formula is C16H14FN3O3S. The van der Waals surface area contributed by atoms with Crippen molar-refractivity contribution in [2.45, 2.75) is 18.7 Å². The third kappa shape index (κ3) is 2.99. The van der Waals surface area contributed by atoms with Crippen molar-refractivity contribution in [1.29, 1.82) is 0 Å². The summed E-state index contributed by atoms with van der Waals surface area (Å²) in [5.41, 5.74) is -0.350. The topological polar surface area (TPSA) is 65.7 Å². The number of esters is 1. The number of aliphatic imine (C=N–C) groups is 1. The lowest BCUT2D eigenvalue weighted by Crippen LogP contribution is -2.51. The number of ether oxygens (including phenoxy) is 2. The number of benzene rings is 1. The summed E-state index contributed by atoms with van der Waals surface area (Å²) in [5, 5.41) is 2.19. The molecule has 1 aliphatic rings. The summed E-state index contributed by atoms with van der Waals surface area (Å²) < 4.78 is 25.7. The fourth-order valence-electron chi connectivity index (χ4n) is 2.47. The van der Waals surface area contributed by atoms with Crippen molar-refractivity contribution in [1.82, 2.24) is 9.55 Å². The summed E-state index contributed by atoms with van der Waals surface area (Å²) in [7, 11) is 0. The molecule has 0 spiro atoms. The number of aromatic nitrogens is 2. The normalized spacial score (nSPS) is 16.6. The van der Waals surface area contributed by atoms with E-state index in [0.717, 1.165) is 11.8 Å². The molecule has 1 aliphatic heterocycles. The monoisotopic (exact) mass is 347 g/mol. The Labute approximate surface area is 142 Å². The van der Waals surface area contributed by atoms with Gasteiger partial charge in [-0.25, -0.2) is 9.78 Å². The first-order valence-corrected chi connectivity index (χ1v) is 7.65. The van der Waals surface area contributed by atoms with E-state index < -0.39 is 23.8 Å². The minimum absolute atomic E-state index is 0.00491. The molecule has 1 fully saturated rings. The number of hydrogen-bond acceptors (Lipinski definition) is 6. The molecule has 3 rings (SSSR count). The van der Waals surface area contributed by atoms with E-state index in [1.165, 1.54) is 4.57 Å². The van der Waals surface area contributed by atoms with Gasteiger partial charge in [-0.15, -0.1) is 0 Å². The van der Waals surface area contributed by atoms with Gasteiger partial charge in [0.1, 0.15) is 18.9 Å². The number of halogens is 1. The maximum Gasteiger partial charge on any atom is 0.359 e. The molecule has 1 aromatic heterocycles. The number of hydrogen-bond donors (Lipinski definition) is 0. The van der Waals surface area contributed by atoms with E-state index in [1.807, 2.05) is 30.3 Å². The molecule has 2 aromatic rings. The Morgan fingerprint density at radius 3 is 2.79 bits per heavy atom. The van der Waals surface area contributed by atoms with Crippen LogP contribution in [0.1, 0.15) is 29.0 Å². The van der Waals surface area contributed by atoms with Crippen LogP contribution >= 0.6 is 12.2 Å². The van der Waals surface area contributed by atoms with E-state index in [1.54, 1.807) is 6.92 Å². The van der Waals surface area contributed by atoms with Crippen LogP contribution in [0, 0.1) is 6.08 Å². The summed E-state index contributed by atoms with van der Waals surface area (Å²) in [6.07, 6.45) is 0.376. The van der Waals surface area contributed by atoms with Crippen LogP contribution in [0.4, 0.5) is 4.39 Å². The Morgan fingerprint density at radius 1 is 1.50 bits per heavy atom. The number of nitrogens with zero attached hydrogens (tertiary/aromatic N) is 3. The molecule has 1 aromatic carbocycles. The highest BCUT2D eigenvalue weighted by atomic mass is 32.1. The summed E-state index contributed by atoms with van der Waals surface area (Å²) in [6.45, 7) is 1.95. The second-order valence-electron chi connectivity index (χ2n) is 5.40. The molecule has 1 atom stereocenters. The number of thiocarbonyl (C=S) groups is 1. The van der Waals surface area contributed by atoms with Crippen molar-refractivity contribution in [3.05, 3.63) is 53.9 Å². The van der Waals surface area contributed by atoms with Crippen LogP contribution in [0.15, 0.2) is 41.5 Å². The fraction of sp³-hybridized carbons (Fsp3) is 0.312. The summed E-state index contributed by atoms with van der Waals surface area (Å²) in [6, 6.07) is 8.80. The van der Waals surface area contributed by atoms with Gasteiger partial charge in [-0.2, -0.15) is 9.38 Å². The number of carbonyl (C=O) groups excluding carboxylic acids is 1. The standard InChI is InChI=1S/C16H14FN3O3S/c1-11(12-5-3-2-4-6-12)20-13(7-18-15(20)17)14(21)23-16(19-10-24)8-22-9-16/h2-7,11H,8-9H2,1H3/t11-/m1/s1. The third-order valence-corrected chi connectivity index (χ3v) is 3.91. The van der Waals surface area contributed by atoms with Crippen LogP contribution in [-0.2, 0) is 9.47 Å². The van der Waals surface area contributed by atoms with Gasteiger partial charge in [0, 0.05) is 0 Å². The van der Waals surface area contributed by atoms with E-state index in [4.69, 9.17) is 9.47 Å². The molecule has 6 nitrogen and oxygen atoms in total. The van der Waals surface area contributed by atoms with Gasteiger partial charge in [-0.05, 0) is 24.7 Å². The Morgan fingerprint density at radius 2 is 2.21 bits per heavy atom. The Balaban J connectivity index is 1.90. The lowest BCUT2D eigenvalue weighted by atomic mass is 10.1. The molecule has 0 radical (unpaired) electrons. The summed E-state index contributed by atoms with van der Waals surface area (Å²) in [5.74, 6) is -0.744.